The van der Waals surface area contributed by atoms with Crippen molar-refractivity contribution >= 4 is 39.7 Å². The van der Waals surface area contributed by atoms with Gasteiger partial charge in [-0.15, -0.1) is 0 Å². The summed E-state index contributed by atoms with van der Waals surface area (Å²) in [7, 11) is 0. The van der Waals surface area contributed by atoms with E-state index in [1.54, 1.807) is 0 Å². The first-order valence-corrected chi connectivity index (χ1v) is 6.20. The highest BCUT2D eigenvalue weighted by Crippen LogP contribution is 2.26. The van der Waals surface area contributed by atoms with E-state index in [-0.39, 0.29) is 17.2 Å². The SMILES string of the molecule is O=[N+]([O-])c1cc(F)cc(Nc2ccc(F)cc2I)c1. The van der Waals surface area contributed by atoms with Crippen molar-refractivity contribution in [2.24, 2.45) is 0 Å². The van der Waals surface area contributed by atoms with Crippen LogP contribution in [0.4, 0.5) is 25.8 Å². The Balaban J connectivity index is 2.35. The van der Waals surface area contributed by atoms with Crippen molar-refractivity contribution in [2.45, 2.75) is 0 Å². The average molecular weight is 376 g/mol. The molecule has 0 fully saturated rings. The first kappa shape index (κ1) is 13.7. The van der Waals surface area contributed by atoms with Gasteiger partial charge in [-0.25, -0.2) is 8.78 Å². The van der Waals surface area contributed by atoms with Crippen molar-refractivity contribution in [2.75, 3.05) is 5.32 Å². The van der Waals surface area contributed by atoms with Gasteiger partial charge in [-0.05, 0) is 46.9 Å². The number of nitrogens with zero attached hydrogens (tertiary/aromatic N) is 1. The van der Waals surface area contributed by atoms with Crippen molar-refractivity contribution < 1.29 is 13.7 Å². The minimum Gasteiger partial charge on any atom is -0.354 e. The summed E-state index contributed by atoms with van der Waals surface area (Å²) in [5, 5.41) is 13.4. The fourth-order valence-electron chi connectivity index (χ4n) is 1.50. The second-order valence-corrected chi connectivity index (χ2v) is 4.87. The van der Waals surface area contributed by atoms with Crippen molar-refractivity contribution in [1.29, 1.82) is 0 Å². The van der Waals surface area contributed by atoms with E-state index in [1.165, 1.54) is 24.3 Å². The summed E-state index contributed by atoms with van der Waals surface area (Å²) in [6.45, 7) is 0. The Hall–Kier alpha value is -1.77. The lowest BCUT2D eigenvalue weighted by atomic mass is 10.2. The molecule has 0 radical (unpaired) electrons. The molecule has 0 atom stereocenters. The molecule has 0 heterocycles. The maximum atomic E-state index is 13.2. The van der Waals surface area contributed by atoms with Crippen molar-refractivity contribution in [3.8, 4) is 0 Å². The summed E-state index contributed by atoms with van der Waals surface area (Å²) in [5.41, 5.74) is 0.428. The molecule has 0 saturated carbocycles. The standard InChI is InChI=1S/C12H7F2IN2O2/c13-7-1-2-12(11(15)5-7)16-9-3-8(14)4-10(6-9)17(18)19/h1-6,16H. The van der Waals surface area contributed by atoms with Crippen LogP contribution in [-0.4, -0.2) is 4.92 Å². The Bertz CT molecular complexity index is 650. The molecule has 1 N–H and O–H groups in total. The van der Waals surface area contributed by atoms with Gasteiger partial charge < -0.3 is 5.32 Å². The third kappa shape index (κ3) is 3.37. The Morgan fingerprint density at radius 2 is 1.84 bits per heavy atom. The molecule has 0 aliphatic carbocycles. The number of hydrogen-bond donors (Lipinski definition) is 1. The molecule has 0 aliphatic rings. The highest BCUT2D eigenvalue weighted by molar-refractivity contribution is 14.1. The van der Waals surface area contributed by atoms with Gasteiger partial charge in [-0.3, -0.25) is 10.1 Å². The highest BCUT2D eigenvalue weighted by atomic mass is 127. The Morgan fingerprint density at radius 1 is 1.11 bits per heavy atom. The normalized spacial score (nSPS) is 10.3. The van der Waals surface area contributed by atoms with E-state index in [2.05, 4.69) is 5.32 Å². The fourth-order valence-corrected chi connectivity index (χ4v) is 2.11. The van der Waals surface area contributed by atoms with Gasteiger partial charge in [0.25, 0.3) is 5.69 Å². The predicted octanol–water partition coefficient (Wildman–Crippen LogP) is 4.22. The molecule has 2 aromatic rings. The van der Waals surface area contributed by atoms with Crippen molar-refractivity contribution in [3.63, 3.8) is 0 Å². The maximum absolute atomic E-state index is 13.2. The lowest BCUT2D eigenvalue weighted by Gasteiger charge is -2.08. The molecule has 0 amide bonds. The molecule has 0 saturated heterocycles. The van der Waals surface area contributed by atoms with Crippen LogP contribution in [0.2, 0.25) is 0 Å². The molecule has 0 aromatic heterocycles. The van der Waals surface area contributed by atoms with E-state index in [0.717, 1.165) is 12.1 Å². The summed E-state index contributed by atoms with van der Waals surface area (Å²) < 4.78 is 26.8. The number of nitro groups is 1. The zero-order chi connectivity index (χ0) is 14.0. The minimum atomic E-state index is -0.714. The molecular weight excluding hydrogens is 369 g/mol. The smallest absolute Gasteiger partial charge is 0.274 e. The number of nitro benzene ring substituents is 1. The molecule has 0 unspecified atom stereocenters. The number of nitrogens with one attached hydrogen (secondary N) is 1. The molecule has 2 rings (SSSR count). The van der Waals surface area contributed by atoms with Gasteiger partial charge in [0.05, 0.1) is 16.7 Å². The molecule has 0 bridgehead atoms. The first-order chi connectivity index (χ1) is 8.95. The molecule has 0 spiro atoms. The summed E-state index contributed by atoms with van der Waals surface area (Å²) >= 11 is 1.91. The van der Waals surface area contributed by atoms with Crippen LogP contribution in [-0.2, 0) is 0 Å². The molecule has 0 aliphatic heterocycles. The molecule has 2 aromatic carbocycles. The molecular formula is C12H7F2IN2O2. The van der Waals surface area contributed by atoms with E-state index in [9.17, 15) is 18.9 Å². The number of rotatable bonds is 3. The lowest BCUT2D eigenvalue weighted by Crippen LogP contribution is -1.96. The van der Waals surface area contributed by atoms with Crippen LogP contribution in [0.15, 0.2) is 36.4 Å². The monoisotopic (exact) mass is 376 g/mol. The quantitative estimate of drug-likeness (QED) is 0.496. The van der Waals surface area contributed by atoms with E-state index in [1.807, 2.05) is 22.6 Å². The fraction of sp³-hybridized carbons (Fsp3) is 0. The van der Waals surface area contributed by atoms with Crippen LogP contribution >= 0.6 is 22.6 Å². The summed E-state index contributed by atoms with van der Waals surface area (Å²) in [4.78, 5) is 9.95. The van der Waals surface area contributed by atoms with Crippen LogP contribution in [0.1, 0.15) is 0 Å². The highest BCUT2D eigenvalue weighted by Gasteiger charge is 2.10. The number of halogens is 3. The zero-order valence-electron chi connectivity index (χ0n) is 9.36. The second-order valence-electron chi connectivity index (χ2n) is 3.70. The third-order valence-corrected chi connectivity index (χ3v) is 3.20. The number of benzene rings is 2. The Morgan fingerprint density at radius 3 is 2.47 bits per heavy atom. The van der Waals surface area contributed by atoms with Crippen LogP contribution < -0.4 is 5.32 Å². The topological polar surface area (TPSA) is 55.2 Å². The minimum absolute atomic E-state index is 0.233. The van der Waals surface area contributed by atoms with Gasteiger partial charge in [0, 0.05) is 15.3 Å². The number of hydrogen-bond acceptors (Lipinski definition) is 3. The average Bonchev–Trinajstić information content (AvgIpc) is 2.32. The van der Waals surface area contributed by atoms with Crippen molar-refractivity contribution in [3.05, 3.63) is 61.7 Å². The first-order valence-electron chi connectivity index (χ1n) is 5.13. The Kier molecular flexibility index (Phi) is 3.93. The van der Waals surface area contributed by atoms with Crippen LogP contribution in [0, 0.1) is 25.3 Å². The lowest BCUT2D eigenvalue weighted by molar-refractivity contribution is -0.385. The summed E-state index contributed by atoms with van der Waals surface area (Å²) in [6, 6.07) is 7.21. The Labute approximate surface area is 120 Å². The molecule has 7 heteroatoms. The van der Waals surface area contributed by atoms with Gasteiger partial charge in [-0.1, -0.05) is 0 Å². The van der Waals surface area contributed by atoms with Gasteiger partial charge in [0.15, 0.2) is 0 Å². The van der Waals surface area contributed by atoms with E-state index in [0.29, 0.717) is 9.26 Å². The van der Waals surface area contributed by atoms with Gasteiger partial charge >= 0.3 is 0 Å². The van der Waals surface area contributed by atoms with Gasteiger partial charge in [0.1, 0.15) is 11.6 Å². The van der Waals surface area contributed by atoms with E-state index in [4.69, 9.17) is 0 Å². The number of non-ortho nitro benzene ring substituents is 1. The van der Waals surface area contributed by atoms with Crippen molar-refractivity contribution in [1.82, 2.24) is 0 Å². The molecule has 19 heavy (non-hydrogen) atoms. The maximum Gasteiger partial charge on any atom is 0.274 e. The zero-order valence-corrected chi connectivity index (χ0v) is 11.5. The predicted molar refractivity (Wildman–Crippen MR) is 75.5 cm³/mol. The largest absolute Gasteiger partial charge is 0.354 e. The third-order valence-electron chi connectivity index (χ3n) is 2.30. The van der Waals surface area contributed by atoms with Crippen LogP contribution in [0.3, 0.4) is 0 Å². The number of anilines is 2. The summed E-state index contributed by atoms with van der Waals surface area (Å²) in [6.07, 6.45) is 0. The van der Waals surface area contributed by atoms with Gasteiger partial charge in [0.2, 0.25) is 0 Å². The second kappa shape index (κ2) is 5.47. The van der Waals surface area contributed by atoms with E-state index < -0.39 is 10.7 Å². The van der Waals surface area contributed by atoms with Crippen LogP contribution in [0.5, 0.6) is 0 Å². The van der Waals surface area contributed by atoms with Gasteiger partial charge in [-0.2, -0.15) is 0 Å². The molecule has 98 valence electrons. The van der Waals surface area contributed by atoms with E-state index >= 15 is 0 Å². The summed E-state index contributed by atoms with van der Waals surface area (Å²) in [5.74, 6) is -1.10. The molecule has 4 nitrogen and oxygen atoms in total. The van der Waals surface area contributed by atoms with Crippen LogP contribution in [0.25, 0.3) is 0 Å².